The first kappa shape index (κ1) is 32.6. The number of nitrogens with zero attached hydrogens (tertiary/aromatic N) is 1. The maximum atomic E-state index is 6.89. The van der Waals surface area contributed by atoms with Gasteiger partial charge < -0.3 is 8.98 Å². The minimum atomic E-state index is 0.904. The van der Waals surface area contributed by atoms with Gasteiger partial charge in [0.15, 0.2) is 0 Å². The number of rotatable bonds is 5. The Morgan fingerprint density at radius 1 is 0.276 bits per heavy atom. The molecule has 0 spiro atoms. The van der Waals surface area contributed by atoms with Crippen molar-refractivity contribution in [1.29, 1.82) is 0 Å². The molecular formula is C56H35NO. The average Bonchev–Trinajstić information content (AvgIpc) is 3.85. The largest absolute Gasteiger partial charge is 0.455 e. The molecule has 0 radical (unpaired) electrons. The summed E-state index contributed by atoms with van der Waals surface area (Å²) in [7, 11) is 0. The van der Waals surface area contributed by atoms with Crippen LogP contribution >= 0.6 is 0 Å². The van der Waals surface area contributed by atoms with Gasteiger partial charge in [0, 0.05) is 38.4 Å². The second kappa shape index (κ2) is 12.9. The van der Waals surface area contributed by atoms with E-state index in [1.165, 1.54) is 60.1 Å². The standard InChI is InChI=1S/C56H35NO/c1-4-16-36(17-5-1)41-25-14-27-48-49-28-15-26-42(56(49)58-55(41)48)39-30-32-44-43-22-12-13-29-51(43)57(52(44)34-39)40-31-33-47-50(35-40)54(38-20-8-3-9-21-38)46-24-11-10-23-45(46)53(47)37-18-6-2-7-19-37/h1-35H. The van der Waals surface area contributed by atoms with E-state index in [0.29, 0.717) is 0 Å². The molecule has 0 amide bonds. The number of fused-ring (bicyclic) bond motifs is 8. The molecule has 10 aromatic carbocycles. The summed E-state index contributed by atoms with van der Waals surface area (Å²) in [6.07, 6.45) is 0. The zero-order valence-electron chi connectivity index (χ0n) is 31.6. The highest BCUT2D eigenvalue weighted by atomic mass is 16.3. The van der Waals surface area contributed by atoms with Crippen LogP contribution < -0.4 is 0 Å². The summed E-state index contributed by atoms with van der Waals surface area (Å²) in [4.78, 5) is 0. The summed E-state index contributed by atoms with van der Waals surface area (Å²) in [5.41, 5.74) is 14.7. The molecule has 0 bridgehead atoms. The van der Waals surface area contributed by atoms with Crippen LogP contribution in [0.3, 0.4) is 0 Å². The molecule has 12 aromatic rings. The van der Waals surface area contributed by atoms with Crippen LogP contribution in [-0.2, 0) is 0 Å². The lowest BCUT2D eigenvalue weighted by Gasteiger charge is -2.19. The fourth-order valence-corrected chi connectivity index (χ4v) is 9.45. The number of para-hydroxylation sites is 3. The Bertz CT molecular complexity index is 3540. The minimum absolute atomic E-state index is 0.904. The van der Waals surface area contributed by atoms with Gasteiger partial charge >= 0.3 is 0 Å². The highest BCUT2D eigenvalue weighted by Crippen LogP contribution is 2.46. The van der Waals surface area contributed by atoms with Crippen LogP contribution in [0.25, 0.3) is 115 Å². The molecule has 0 N–H and O–H groups in total. The number of hydrogen-bond donors (Lipinski definition) is 0. The van der Waals surface area contributed by atoms with Crippen molar-refractivity contribution in [2.45, 2.75) is 0 Å². The highest BCUT2D eigenvalue weighted by molar-refractivity contribution is 6.22. The molecule has 2 heterocycles. The van der Waals surface area contributed by atoms with Crippen molar-refractivity contribution in [2.24, 2.45) is 0 Å². The van der Waals surface area contributed by atoms with Crippen molar-refractivity contribution in [3.8, 4) is 50.2 Å². The SMILES string of the molecule is c1ccc(-c2c3ccccc3c(-c3ccccc3)c3cc(-n4c5ccccc5c5ccc(-c6cccc7c6oc6c(-c8ccccc8)cccc67)cc54)ccc23)cc1. The van der Waals surface area contributed by atoms with Gasteiger partial charge in [-0.2, -0.15) is 0 Å². The van der Waals surface area contributed by atoms with Gasteiger partial charge in [-0.15, -0.1) is 0 Å². The Labute approximate surface area is 335 Å². The third-order valence-corrected chi connectivity index (χ3v) is 12.0. The van der Waals surface area contributed by atoms with Crippen molar-refractivity contribution in [3.05, 3.63) is 212 Å². The fraction of sp³-hybridized carbons (Fsp3) is 0. The van der Waals surface area contributed by atoms with E-state index in [1.54, 1.807) is 0 Å². The van der Waals surface area contributed by atoms with Crippen LogP contribution in [-0.4, -0.2) is 4.57 Å². The molecule has 0 unspecified atom stereocenters. The van der Waals surface area contributed by atoms with Gasteiger partial charge in [0.25, 0.3) is 0 Å². The number of furan rings is 1. The molecule has 0 aliphatic carbocycles. The first-order valence-corrected chi connectivity index (χ1v) is 19.9. The maximum absolute atomic E-state index is 6.89. The van der Waals surface area contributed by atoms with Crippen LogP contribution in [0.2, 0.25) is 0 Å². The van der Waals surface area contributed by atoms with E-state index in [2.05, 4.69) is 217 Å². The molecule has 0 aliphatic heterocycles. The number of aromatic nitrogens is 1. The van der Waals surface area contributed by atoms with Gasteiger partial charge in [0.1, 0.15) is 11.2 Å². The van der Waals surface area contributed by atoms with Crippen molar-refractivity contribution in [1.82, 2.24) is 4.57 Å². The molecule has 2 heteroatoms. The second-order valence-electron chi connectivity index (χ2n) is 15.2. The quantitative estimate of drug-likeness (QED) is 0.161. The highest BCUT2D eigenvalue weighted by Gasteiger charge is 2.21. The lowest BCUT2D eigenvalue weighted by Crippen LogP contribution is -1.96. The molecule has 0 saturated carbocycles. The second-order valence-corrected chi connectivity index (χ2v) is 15.2. The third kappa shape index (κ3) is 4.92. The number of benzene rings is 10. The van der Waals surface area contributed by atoms with E-state index in [0.717, 1.165) is 55.4 Å². The summed E-state index contributed by atoms with van der Waals surface area (Å²) in [5, 5.41) is 9.65. The predicted octanol–water partition coefficient (Wildman–Crippen LogP) is 15.7. The molecule has 12 rings (SSSR count). The summed E-state index contributed by atoms with van der Waals surface area (Å²) in [6.45, 7) is 0. The lowest BCUT2D eigenvalue weighted by molar-refractivity contribution is 0.671. The first-order valence-electron chi connectivity index (χ1n) is 19.9. The zero-order valence-corrected chi connectivity index (χ0v) is 31.6. The predicted molar refractivity (Wildman–Crippen MR) is 245 cm³/mol. The van der Waals surface area contributed by atoms with E-state index in [1.807, 2.05) is 0 Å². The molecule has 58 heavy (non-hydrogen) atoms. The zero-order chi connectivity index (χ0) is 38.2. The Balaban J connectivity index is 1.13. The van der Waals surface area contributed by atoms with Gasteiger partial charge in [0.05, 0.1) is 11.0 Å². The van der Waals surface area contributed by atoms with Gasteiger partial charge in [-0.25, -0.2) is 0 Å². The lowest BCUT2D eigenvalue weighted by atomic mass is 9.86. The van der Waals surface area contributed by atoms with E-state index in [4.69, 9.17) is 4.42 Å². The minimum Gasteiger partial charge on any atom is -0.455 e. The average molecular weight is 738 g/mol. The summed E-state index contributed by atoms with van der Waals surface area (Å²) >= 11 is 0. The van der Waals surface area contributed by atoms with E-state index < -0.39 is 0 Å². The van der Waals surface area contributed by atoms with Crippen molar-refractivity contribution < 1.29 is 4.42 Å². The Kier molecular flexibility index (Phi) is 7.26. The van der Waals surface area contributed by atoms with Crippen LogP contribution in [0, 0.1) is 0 Å². The molecule has 0 atom stereocenters. The van der Waals surface area contributed by atoms with Crippen LogP contribution in [0.1, 0.15) is 0 Å². The van der Waals surface area contributed by atoms with Gasteiger partial charge in [-0.05, 0) is 79.2 Å². The molecule has 0 fully saturated rings. The van der Waals surface area contributed by atoms with Crippen molar-refractivity contribution >= 4 is 65.3 Å². The van der Waals surface area contributed by atoms with Crippen LogP contribution in [0.4, 0.5) is 0 Å². The summed E-state index contributed by atoms with van der Waals surface area (Å²) in [5.74, 6) is 0. The normalized spacial score (nSPS) is 11.8. The molecule has 2 nitrogen and oxygen atoms in total. The molecule has 270 valence electrons. The third-order valence-electron chi connectivity index (χ3n) is 12.0. The maximum Gasteiger partial charge on any atom is 0.143 e. The Morgan fingerprint density at radius 2 is 0.741 bits per heavy atom. The van der Waals surface area contributed by atoms with Gasteiger partial charge in [0.2, 0.25) is 0 Å². The van der Waals surface area contributed by atoms with E-state index in [-0.39, 0.29) is 0 Å². The fourth-order valence-electron chi connectivity index (χ4n) is 9.45. The van der Waals surface area contributed by atoms with Gasteiger partial charge in [-0.1, -0.05) is 188 Å². The molecule has 2 aromatic heterocycles. The molecule has 0 aliphatic rings. The van der Waals surface area contributed by atoms with E-state index in [9.17, 15) is 0 Å². The summed E-state index contributed by atoms with van der Waals surface area (Å²) < 4.78 is 9.34. The number of hydrogen-bond acceptors (Lipinski definition) is 1. The van der Waals surface area contributed by atoms with Gasteiger partial charge in [-0.3, -0.25) is 0 Å². The molecule has 0 saturated heterocycles. The smallest absolute Gasteiger partial charge is 0.143 e. The Hall–Kier alpha value is -7.68. The first-order chi connectivity index (χ1) is 28.8. The molecular weight excluding hydrogens is 703 g/mol. The van der Waals surface area contributed by atoms with Crippen molar-refractivity contribution in [3.63, 3.8) is 0 Å². The van der Waals surface area contributed by atoms with Crippen LogP contribution in [0.15, 0.2) is 217 Å². The van der Waals surface area contributed by atoms with Crippen LogP contribution in [0.5, 0.6) is 0 Å². The van der Waals surface area contributed by atoms with Crippen molar-refractivity contribution in [2.75, 3.05) is 0 Å². The topological polar surface area (TPSA) is 18.1 Å². The summed E-state index contributed by atoms with van der Waals surface area (Å²) in [6, 6.07) is 76.9. The monoisotopic (exact) mass is 737 g/mol. The van der Waals surface area contributed by atoms with E-state index >= 15 is 0 Å². The Morgan fingerprint density at radius 3 is 1.38 bits per heavy atom.